The molecule has 2 aromatic carbocycles. The van der Waals surface area contributed by atoms with Gasteiger partial charge < -0.3 is 44.4 Å². The fourth-order valence-corrected chi connectivity index (χ4v) is 7.89. The number of aliphatic hydroxyl groups excluding tert-OH is 3. The van der Waals surface area contributed by atoms with Crippen LogP contribution in [0, 0.1) is 36.4 Å². The summed E-state index contributed by atoms with van der Waals surface area (Å²) in [5, 5.41) is 47.6. The minimum atomic E-state index is -2.05. The van der Waals surface area contributed by atoms with E-state index in [1.165, 1.54) is 58.4 Å². The Balaban J connectivity index is 1.62. The number of aromatic nitrogens is 1. The van der Waals surface area contributed by atoms with Crippen LogP contribution in [-0.2, 0) is 14.3 Å². The van der Waals surface area contributed by atoms with Crippen molar-refractivity contribution in [3.63, 3.8) is 0 Å². The van der Waals surface area contributed by atoms with Gasteiger partial charge in [-0.25, -0.2) is 9.37 Å². The van der Waals surface area contributed by atoms with Gasteiger partial charge in [-0.1, -0.05) is 59.8 Å². The van der Waals surface area contributed by atoms with Crippen LogP contribution in [0.15, 0.2) is 57.5 Å². The highest BCUT2D eigenvalue weighted by Gasteiger charge is 2.50. The van der Waals surface area contributed by atoms with Crippen LogP contribution >= 0.6 is 0 Å². The summed E-state index contributed by atoms with van der Waals surface area (Å²) in [6.45, 7) is 14.7. The zero-order valence-electron chi connectivity index (χ0n) is 34.2. The molecule has 14 heteroatoms. The molecule has 13 nitrogen and oxygen atoms in total. The number of aliphatic hydroxyl groups is 3. The largest absolute Gasteiger partial charge is 0.507 e. The van der Waals surface area contributed by atoms with Crippen molar-refractivity contribution in [3.8, 4) is 23.0 Å². The first-order valence-corrected chi connectivity index (χ1v) is 19.3. The maximum absolute atomic E-state index is 15.4. The lowest BCUT2D eigenvalue weighted by Gasteiger charge is -2.36. The Labute approximate surface area is 335 Å². The molecule has 3 aliphatic heterocycles. The summed E-state index contributed by atoms with van der Waals surface area (Å²) in [6, 6.07) is 2.64. The number of Topliss-reactive ketones (excluding diaryl/α,β-unsaturated/α-hetero) is 1. The Morgan fingerprint density at radius 1 is 0.948 bits per heavy atom. The number of nitrogens with one attached hydrogen (secondary N) is 1. The van der Waals surface area contributed by atoms with Gasteiger partial charge in [-0.15, -0.1) is 0 Å². The summed E-state index contributed by atoms with van der Waals surface area (Å²) in [6.07, 6.45) is 3.32. The van der Waals surface area contributed by atoms with Crippen molar-refractivity contribution in [1.82, 2.24) is 4.98 Å². The summed E-state index contributed by atoms with van der Waals surface area (Å²) in [5.41, 5.74) is -0.930. The molecule has 4 aliphatic rings. The van der Waals surface area contributed by atoms with Gasteiger partial charge in [0.1, 0.15) is 34.2 Å². The summed E-state index contributed by atoms with van der Waals surface area (Å²) in [7, 11) is 1.43. The number of rotatable bonds is 2. The highest BCUT2D eigenvalue weighted by atomic mass is 19.1. The number of benzene rings is 3. The molecule has 0 aromatic heterocycles. The molecule has 0 unspecified atom stereocenters. The normalized spacial score (nSPS) is 30.7. The van der Waals surface area contributed by atoms with E-state index in [1.807, 2.05) is 0 Å². The summed E-state index contributed by atoms with van der Waals surface area (Å²) in [4.78, 5) is 47.5. The molecular formula is C44H51FN2O11. The van der Waals surface area contributed by atoms with Crippen LogP contribution in [0.3, 0.4) is 0 Å². The number of nitrogens with zero attached hydrogens (tertiary/aromatic N) is 1. The predicted molar refractivity (Wildman–Crippen MR) is 215 cm³/mol. The number of ether oxygens (including phenoxy) is 3. The molecule has 1 aliphatic carbocycles. The van der Waals surface area contributed by atoms with E-state index in [1.54, 1.807) is 53.7 Å². The third-order valence-electron chi connectivity index (χ3n) is 11.8. The van der Waals surface area contributed by atoms with Gasteiger partial charge in [-0.3, -0.25) is 14.4 Å². The standard InChI is InChI=1S/C44H51FN2O11/c1-18(2)25-16-29-27(17-26(25)45)46-33-30-31-38(51)24(8)40-32(30)42(53)44(9,58-40)56-15-14-28(55-10)21(5)36(49)23(7)37(50)22(6)35(48)19(3)12-11-13-20(4)43(54)47-34(39(31)52)41(33)57-29/h11-19,21-23,28,35-37,48-51H,1-10H3,(H,47,54)/b12-11+,15-14+,20-13-/t19-,21+,22+,23-,28-,35-,36+,37+,44-/m0/s1. The van der Waals surface area contributed by atoms with Crippen LogP contribution in [0.4, 0.5) is 10.1 Å². The smallest absolute Gasteiger partial charge is 0.312 e. The molecule has 2 aromatic rings. The van der Waals surface area contributed by atoms with Crippen molar-refractivity contribution in [3.05, 3.63) is 81.0 Å². The van der Waals surface area contributed by atoms with Gasteiger partial charge in [0.25, 0.3) is 11.7 Å². The SMILES string of the molecule is CO[C@H]1/C=C/O[C@@]2(C)Oc3c(C)c(O)c4c(=O)c(c5oc6cc(C(C)C)c(F)cc6nc-5c4c3C2=O)NC(=O)/C(C)=C\C=C\[C@H](C)[C@H](O)[C@@H](C)[C@@H](O)[C@@H](C)[C@H](O)[C@@H]1C. The van der Waals surface area contributed by atoms with Crippen molar-refractivity contribution in [2.75, 3.05) is 12.4 Å². The maximum Gasteiger partial charge on any atom is 0.312 e. The molecule has 4 bridgehead atoms. The van der Waals surface area contributed by atoms with Gasteiger partial charge in [-0.05, 0) is 37.5 Å². The first-order chi connectivity index (χ1) is 27.2. The summed E-state index contributed by atoms with van der Waals surface area (Å²) >= 11 is 0. The molecule has 3 heterocycles. The molecule has 310 valence electrons. The van der Waals surface area contributed by atoms with E-state index in [9.17, 15) is 34.8 Å². The highest BCUT2D eigenvalue weighted by Crippen LogP contribution is 2.50. The van der Waals surface area contributed by atoms with Gasteiger partial charge in [0.05, 0.1) is 41.6 Å². The Morgan fingerprint density at radius 3 is 2.26 bits per heavy atom. The van der Waals surface area contributed by atoms with Crippen LogP contribution in [-0.4, -0.2) is 74.4 Å². The molecule has 5 N–H and O–H groups in total. The molecule has 9 atom stereocenters. The number of amides is 1. The van der Waals surface area contributed by atoms with E-state index >= 15 is 4.39 Å². The number of carbonyl (C=O) groups is 2. The summed E-state index contributed by atoms with van der Waals surface area (Å²) in [5.74, 6) is -7.70. The molecule has 58 heavy (non-hydrogen) atoms. The molecule has 0 radical (unpaired) electrons. The Kier molecular flexibility index (Phi) is 11.6. The lowest BCUT2D eigenvalue weighted by molar-refractivity contribution is -0.112. The monoisotopic (exact) mass is 802 g/mol. The molecule has 0 saturated heterocycles. The molecular weight excluding hydrogens is 751 g/mol. The lowest BCUT2D eigenvalue weighted by atomic mass is 9.78. The maximum atomic E-state index is 15.4. The number of halogens is 1. The Hall–Kier alpha value is -5.15. The van der Waals surface area contributed by atoms with Crippen LogP contribution in [0.2, 0.25) is 0 Å². The molecule has 6 rings (SSSR count). The average molecular weight is 803 g/mol. The number of aromatic hydroxyl groups is 1. The van der Waals surface area contributed by atoms with E-state index in [4.69, 9.17) is 23.6 Å². The minimum Gasteiger partial charge on any atom is -0.507 e. The fraction of sp³-hybridized carbons (Fsp3) is 0.455. The highest BCUT2D eigenvalue weighted by molar-refractivity contribution is 6.22. The van der Waals surface area contributed by atoms with E-state index in [-0.39, 0.29) is 67.4 Å². The lowest BCUT2D eigenvalue weighted by Crippen LogP contribution is -2.44. The number of phenolic OH excluding ortho intramolecular Hbond substituents is 1. The van der Waals surface area contributed by atoms with E-state index in [0.29, 0.717) is 5.56 Å². The van der Waals surface area contributed by atoms with E-state index in [2.05, 4.69) is 5.32 Å². The first-order valence-electron chi connectivity index (χ1n) is 19.3. The number of carbonyl (C=O) groups excluding carboxylic acids is 2. The average Bonchev–Trinajstić information content (AvgIpc) is 3.45. The van der Waals surface area contributed by atoms with Gasteiger partial charge in [-0.2, -0.15) is 0 Å². The molecule has 0 spiro atoms. The minimum absolute atomic E-state index is 0.0301. The van der Waals surface area contributed by atoms with Crippen molar-refractivity contribution < 1.29 is 53.0 Å². The first kappa shape index (κ1) is 42.5. The zero-order chi connectivity index (χ0) is 42.7. The number of phenols is 1. The van der Waals surface area contributed by atoms with Crippen LogP contribution in [0.1, 0.15) is 82.8 Å². The number of anilines is 1. The molecule has 0 fully saturated rings. The van der Waals surface area contributed by atoms with Crippen molar-refractivity contribution in [2.45, 2.75) is 98.4 Å². The van der Waals surface area contributed by atoms with Crippen molar-refractivity contribution >= 4 is 39.2 Å². The number of fused-ring (bicyclic) bond motifs is 2. The number of methoxy groups -OCH3 is 1. The number of hydrogen-bond acceptors (Lipinski definition) is 12. The second kappa shape index (κ2) is 15.9. The molecule has 0 saturated carbocycles. The predicted octanol–water partition coefficient (Wildman–Crippen LogP) is 6.64. The third kappa shape index (κ3) is 7.16. The van der Waals surface area contributed by atoms with Gasteiger partial charge in [0.15, 0.2) is 11.3 Å². The Bertz CT molecular complexity index is 2420. The van der Waals surface area contributed by atoms with Gasteiger partial charge in [0.2, 0.25) is 5.43 Å². The number of hydrogen-bond donors (Lipinski definition) is 5. The van der Waals surface area contributed by atoms with Crippen LogP contribution < -0.4 is 15.5 Å². The number of ketones is 1. The van der Waals surface area contributed by atoms with Gasteiger partial charge in [0, 0.05) is 60.3 Å². The second-order valence-electron chi connectivity index (χ2n) is 16.1. The third-order valence-corrected chi connectivity index (χ3v) is 11.8. The second-order valence-corrected chi connectivity index (χ2v) is 16.1. The van der Waals surface area contributed by atoms with Crippen LogP contribution in [0.25, 0.3) is 33.3 Å². The summed E-state index contributed by atoms with van der Waals surface area (Å²) < 4.78 is 39.4. The zero-order valence-corrected chi connectivity index (χ0v) is 34.2. The fourth-order valence-electron chi connectivity index (χ4n) is 7.89. The van der Waals surface area contributed by atoms with E-state index < -0.39 is 82.6 Å². The topological polar surface area (TPSA) is 198 Å². The van der Waals surface area contributed by atoms with Crippen molar-refractivity contribution in [2.24, 2.45) is 23.7 Å². The number of allylic oxidation sites excluding steroid dienone is 2. The van der Waals surface area contributed by atoms with E-state index in [0.717, 1.165) is 0 Å². The quantitative estimate of drug-likeness (QED) is 0.107. The Morgan fingerprint density at radius 2 is 1.60 bits per heavy atom. The van der Waals surface area contributed by atoms with Crippen molar-refractivity contribution in [1.29, 1.82) is 0 Å². The molecule has 1 amide bonds. The van der Waals surface area contributed by atoms with Crippen LogP contribution in [0.5, 0.6) is 11.5 Å². The van der Waals surface area contributed by atoms with Gasteiger partial charge >= 0.3 is 5.79 Å².